The SMILES string of the molecule is COc1ccc(CC[NH+]2CCC(n3nc(Cc4ccc(F)cc4)c4ccccc4c3=O)CC2)cc1.[Cl-]. The Labute approximate surface area is 216 Å². The molecule has 0 saturated carbocycles. The third-order valence-corrected chi connectivity index (χ3v) is 7.12. The lowest BCUT2D eigenvalue weighted by atomic mass is 10.0. The van der Waals surface area contributed by atoms with Crippen LogP contribution < -0.4 is 27.6 Å². The number of likely N-dealkylation sites (tertiary alicyclic amines) is 1. The van der Waals surface area contributed by atoms with E-state index in [4.69, 9.17) is 9.84 Å². The summed E-state index contributed by atoms with van der Waals surface area (Å²) in [5, 5.41) is 6.44. The van der Waals surface area contributed by atoms with Crippen molar-refractivity contribution < 1.29 is 26.4 Å². The number of ether oxygens (including phenoxy) is 1. The fraction of sp³-hybridized carbons (Fsp3) is 0.310. The van der Waals surface area contributed by atoms with Gasteiger partial charge in [0.05, 0.1) is 43.9 Å². The Balaban J connectivity index is 0.00000304. The van der Waals surface area contributed by atoms with Crippen molar-refractivity contribution in [3.05, 3.63) is 106 Å². The molecule has 4 aromatic rings. The minimum atomic E-state index is -0.252. The summed E-state index contributed by atoms with van der Waals surface area (Å²) in [5.41, 5.74) is 3.14. The predicted octanol–water partition coefficient (Wildman–Crippen LogP) is 0.602. The van der Waals surface area contributed by atoms with Gasteiger partial charge in [-0.25, -0.2) is 9.07 Å². The normalized spacial score (nSPS) is 17.5. The predicted molar refractivity (Wildman–Crippen MR) is 136 cm³/mol. The average Bonchev–Trinajstić information content (AvgIpc) is 2.91. The highest BCUT2D eigenvalue weighted by Crippen LogP contribution is 2.21. The maximum atomic E-state index is 13.4. The monoisotopic (exact) mass is 507 g/mol. The molecule has 0 bridgehead atoms. The van der Waals surface area contributed by atoms with Crippen LogP contribution in [0.3, 0.4) is 0 Å². The molecule has 1 aliphatic rings. The van der Waals surface area contributed by atoms with Crippen molar-refractivity contribution in [2.45, 2.75) is 31.7 Å². The third-order valence-electron chi connectivity index (χ3n) is 7.12. The van der Waals surface area contributed by atoms with Gasteiger partial charge in [-0.3, -0.25) is 4.79 Å². The summed E-state index contributed by atoms with van der Waals surface area (Å²) in [7, 11) is 1.69. The lowest BCUT2D eigenvalue weighted by Gasteiger charge is -2.30. The van der Waals surface area contributed by atoms with Crippen LogP contribution in [-0.4, -0.2) is 36.5 Å². The van der Waals surface area contributed by atoms with Gasteiger partial charge < -0.3 is 22.0 Å². The second kappa shape index (κ2) is 11.7. The summed E-state index contributed by atoms with van der Waals surface area (Å²) in [6.45, 7) is 3.12. The smallest absolute Gasteiger partial charge is 0.274 e. The van der Waals surface area contributed by atoms with Gasteiger partial charge in [0.15, 0.2) is 0 Å². The third kappa shape index (κ3) is 5.77. The summed E-state index contributed by atoms with van der Waals surface area (Å²) >= 11 is 0. The van der Waals surface area contributed by atoms with Crippen LogP contribution >= 0.6 is 0 Å². The summed E-state index contributed by atoms with van der Waals surface area (Å²) in [4.78, 5) is 14.9. The fourth-order valence-corrected chi connectivity index (χ4v) is 5.07. The lowest BCUT2D eigenvalue weighted by molar-refractivity contribution is -0.905. The Morgan fingerprint density at radius 1 is 0.944 bits per heavy atom. The van der Waals surface area contributed by atoms with Gasteiger partial charge in [0.1, 0.15) is 11.6 Å². The molecule has 7 heteroatoms. The van der Waals surface area contributed by atoms with Crippen LogP contribution in [0, 0.1) is 5.82 Å². The van der Waals surface area contributed by atoms with Gasteiger partial charge in [0, 0.05) is 31.1 Å². The minimum Gasteiger partial charge on any atom is -1.00 e. The van der Waals surface area contributed by atoms with Crippen molar-refractivity contribution in [2.24, 2.45) is 0 Å². The standard InChI is InChI=1S/C29H30FN3O2.ClH/c1-35-25-12-8-21(9-13-25)14-17-32-18-15-24(16-19-32)33-29(34)27-5-3-2-4-26(27)28(31-33)20-22-6-10-23(30)11-7-22;/h2-13,24H,14-20H2,1H3;1H. The fourth-order valence-electron chi connectivity index (χ4n) is 5.07. The van der Waals surface area contributed by atoms with E-state index in [0.29, 0.717) is 11.8 Å². The van der Waals surface area contributed by atoms with Crippen LogP contribution in [-0.2, 0) is 12.8 Å². The van der Waals surface area contributed by atoms with E-state index in [1.54, 1.807) is 28.8 Å². The number of hydrogen-bond donors (Lipinski definition) is 1. The van der Waals surface area contributed by atoms with Gasteiger partial charge in [0.25, 0.3) is 5.56 Å². The number of hydrogen-bond acceptors (Lipinski definition) is 3. The quantitative estimate of drug-likeness (QED) is 0.399. The van der Waals surface area contributed by atoms with E-state index < -0.39 is 0 Å². The molecule has 0 radical (unpaired) electrons. The molecule has 188 valence electrons. The zero-order valence-electron chi connectivity index (χ0n) is 20.4. The van der Waals surface area contributed by atoms with Crippen molar-refractivity contribution in [2.75, 3.05) is 26.7 Å². The molecule has 1 aliphatic heterocycles. The molecule has 5 nitrogen and oxygen atoms in total. The minimum absolute atomic E-state index is 0. The van der Waals surface area contributed by atoms with E-state index in [9.17, 15) is 9.18 Å². The molecule has 0 unspecified atom stereocenters. The number of halogens is 2. The zero-order valence-corrected chi connectivity index (χ0v) is 21.2. The molecular weight excluding hydrogens is 477 g/mol. The first-order valence-electron chi connectivity index (χ1n) is 12.3. The number of methoxy groups -OCH3 is 1. The molecule has 0 amide bonds. The van der Waals surface area contributed by atoms with Crippen molar-refractivity contribution in [3.63, 3.8) is 0 Å². The number of rotatable bonds is 7. The molecule has 3 aromatic carbocycles. The highest BCUT2D eigenvalue weighted by Gasteiger charge is 2.26. The zero-order chi connectivity index (χ0) is 24.2. The van der Waals surface area contributed by atoms with E-state index in [-0.39, 0.29) is 29.8 Å². The van der Waals surface area contributed by atoms with Crippen LogP contribution in [0.1, 0.15) is 35.7 Å². The van der Waals surface area contributed by atoms with Gasteiger partial charge in [-0.05, 0) is 41.5 Å². The molecule has 1 N–H and O–H groups in total. The lowest BCUT2D eigenvalue weighted by Crippen LogP contribution is -3.13. The van der Waals surface area contributed by atoms with E-state index in [1.807, 2.05) is 36.4 Å². The Kier molecular flexibility index (Phi) is 8.39. The first kappa shape index (κ1) is 25.9. The Morgan fingerprint density at radius 3 is 2.25 bits per heavy atom. The molecule has 1 aromatic heterocycles. The molecule has 1 saturated heterocycles. The first-order valence-corrected chi connectivity index (χ1v) is 12.3. The van der Waals surface area contributed by atoms with Crippen LogP contribution in [0.25, 0.3) is 10.8 Å². The Morgan fingerprint density at radius 2 is 1.58 bits per heavy atom. The van der Waals surface area contributed by atoms with Crippen molar-refractivity contribution >= 4 is 10.8 Å². The summed E-state index contributed by atoms with van der Waals surface area (Å²) in [6.07, 6.45) is 3.45. The first-order chi connectivity index (χ1) is 17.1. The van der Waals surface area contributed by atoms with Crippen LogP contribution in [0.4, 0.5) is 4.39 Å². The van der Waals surface area contributed by atoms with Crippen LogP contribution in [0.15, 0.2) is 77.6 Å². The Hall–Kier alpha value is -3.22. The number of piperidine rings is 1. The van der Waals surface area contributed by atoms with Crippen molar-refractivity contribution in [1.82, 2.24) is 9.78 Å². The van der Waals surface area contributed by atoms with Crippen molar-refractivity contribution in [3.8, 4) is 5.75 Å². The van der Waals surface area contributed by atoms with E-state index in [2.05, 4.69) is 12.1 Å². The molecule has 2 heterocycles. The van der Waals surface area contributed by atoms with E-state index in [1.165, 1.54) is 17.7 Å². The maximum Gasteiger partial charge on any atom is 0.274 e. The molecule has 1 fully saturated rings. The molecule has 0 spiro atoms. The van der Waals surface area contributed by atoms with Gasteiger partial charge in [-0.15, -0.1) is 0 Å². The molecule has 0 atom stereocenters. The Bertz CT molecular complexity index is 1350. The molecule has 0 aliphatic carbocycles. The number of quaternary nitrogens is 1. The number of aromatic nitrogens is 2. The largest absolute Gasteiger partial charge is 1.00 e. The summed E-state index contributed by atoms with van der Waals surface area (Å²) < 4.78 is 20.4. The van der Waals surface area contributed by atoms with Gasteiger partial charge in [0.2, 0.25) is 0 Å². The topological polar surface area (TPSA) is 48.6 Å². The van der Waals surface area contributed by atoms with Crippen LogP contribution in [0.2, 0.25) is 0 Å². The molecular formula is C29H31ClFN3O2. The summed E-state index contributed by atoms with van der Waals surface area (Å²) in [5.74, 6) is 0.631. The number of nitrogens with zero attached hydrogens (tertiary/aromatic N) is 2. The van der Waals surface area contributed by atoms with Gasteiger partial charge >= 0.3 is 0 Å². The van der Waals surface area contributed by atoms with Gasteiger partial charge in [-0.1, -0.05) is 42.5 Å². The number of benzene rings is 3. The van der Waals surface area contributed by atoms with E-state index in [0.717, 1.165) is 61.3 Å². The van der Waals surface area contributed by atoms with Crippen molar-refractivity contribution in [1.29, 1.82) is 0 Å². The number of nitrogens with one attached hydrogen (secondary N) is 1. The second-order valence-electron chi connectivity index (χ2n) is 9.37. The summed E-state index contributed by atoms with van der Waals surface area (Å²) in [6, 6.07) is 22.6. The highest BCUT2D eigenvalue weighted by molar-refractivity contribution is 5.83. The molecule has 5 rings (SSSR count). The van der Waals surface area contributed by atoms with E-state index >= 15 is 0 Å². The average molecular weight is 508 g/mol. The highest BCUT2D eigenvalue weighted by atomic mass is 35.5. The number of fused-ring (bicyclic) bond motifs is 1. The van der Waals surface area contributed by atoms with Gasteiger partial charge in [-0.2, -0.15) is 5.10 Å². The second-order valence-corrected chi connectivity index (χ2v) is 9.37. The van der Waals surface area contributed by atoms with Crippen LogP contribution in [0.5, 0.6) is 5.75 Å². The molecule has 36 heavy (non-hydrogen) atoms. The maximum absolute atomic E-state index is 13.4.